The normalized spacial score (nSPS) is 11.6. The first-order chi connectivity index (χ1) is 4.81. The molecule has 0 saturated heterocycles. The van der Waals surface area contributed by atoms with Crippen LogP contribution in [0.3, 0.4) is 0 Å². The van der Waals surface area contributed by atoms with E-state index in [1.807, 2.05) is 0 Å². The Kier molecular flexibility index (Phi) is 6.03. The fourth-order valence-electron chi connectivity index (χ4n) is 0.698. The number of hydrogen-bond acceptors (Lipinski definition) is 2. The number of allylic oxidation sites excluding steroid dienone is 1. The molecule has 2 heteroatoms. The molecule has 0 rings (SSSR count). The highest BCUT2D eigenvalue weighted by molar-refractivity contribution is 4.78. The Bertz CT molecular complexity index is 97.4. The summed E-state index contributed by atoms with van der Waals surface area (Å²) >= 11 is 0. The van der Waals surface area contributed by atoms with E-state index in [1.165, 1.54) is 20.0 Å². The van der Waals surface area contributed by atoms with Crippen molar-refractivity contribution in [3.63, 3.8) is 0 Å². The third-order valence-corrected chi connectivity index (χ3v) is 1.32. The van der Waals surface area contributed by atoms with E-state index in [-0.39, 0.29) is 5.95 Å². The minimum absolute atomic E-state index is 0.212. The molecule has 0 heterocycles. The first kappa shape index (κ1) is 9.34. The lowest BCUT2D eigenvalue weighted by atomic mass is 10.2. The van der Waals surface area contributed by atoms with Crippen molar-refractivity contribution in [2.75, 3.05) is 7.11 Å². The number of rotatable bonds is 5. The van der Waals surface area contributed by atoms with Crippen LogP contribution >= 0.6 is 0 Å². The predicted octanol–water partition coefficient (Wildman–Crippen LogP) is 1.41. The number of hydrogen-bond donors (Lipinski definition) is 0. The van der Waals surface area contributed by atoms with E-state index in [0.717, 1.165) is 12.8 Å². The third kappa shape index (κ3) is 5.48. The van der Waals surface area contributed by atoms with Crippen molar-refractivity contribution in [3.8, 4) is 0 Å². The van der Waals surface area contributed by atoms with Gasteiger partial charge in [0.05, 0.1) is 0 Å². The molecule has 10 heavy (non-hydrogen) atoms. The molecule has 2 nitrogen and oxygen atoms in total. The van der Waals surface area contributed by atoms with Crippen LogP contribution in [0.1, 0.15) is 32.6 Å². The zero-order valence-corrected chi connectivity index (χ0v) is 6.72. The van der Waals surface area contributed by atoms with Crippen LogP contribution in [0, 0.1) is 0 Å². The first-order valence-electron chi connectivity index (χ1n) is 3.72. The molecule has 0 unspecified atom stereocenters. The van der Waals surface area contributed by atoms with Gasteiger partial charge < -0.3 is 9.84 Å². The van der Waals surface area contributed by atoms with Crippen LogP contribution in [0.2, 0.25) is 0 Å². The van der Waals surface area contributed by atoms with Gasteiger partial charge in [-0.3, -0.25) is 0 Å². The van der Waals surface area contributed by atoms with Gasteiger partial charge in [0.2, 0.25) is 0 Å². The van der Waals surface area contributed by atoms with E-state index >= 15 is 0 Å². The second-order valence-electron chi connectivity index (χ2n) is 2.22. The summed E-state index contributed by atoms with van der Waals surface area (Å²) in [5.74, 6) is -0.212. The summed E-state index contributed by atoms with van der Waals surface area (Å²) in [6.07, 6.45) is 5.91. The Morgan fingerprint density at radius 2 is 2.20 bits per heavy atom. The molecular weight excluding hydrogens is 128 g/mol. The molecule has 0 fully saturated rings. The van der Waals surface area contributed by atoms with Gasteiger partial charge in [0.25, 0.3) is 0 Å². The van der Waals surface area contributed by atoms with Crippen LogP contribution in [-0.2, 0) is 4.74 Å². The van der Waals surface area contributed by atoms with Gasteiger partial charge >= 0.3 is 0 Å². The van der Waals surface area contributed by atoms with Crippen LogP contribution < -0.4 is 5.11 Å². The first-order valence-corrected chi connectivity index (χ1v) is 3.72. The average molecular weight is 143 g/mol. The maximum atomic E-state index is 10.5. The van der Waals surface area contributed by atoms with Gasteiger partial charge in [-0.2, -0.15) is 0 Å². The summed E-state index contributed by atoms with van der Waals surface area (Å²) in [5, 5.41) is 10.5. The molecule has 0 aromatic rings. The van der Waals surface area contributed by atoms with Gasteiger partial charge in [0, 0.05) is 5.95 Å². The molecule has 0 N–H and O–H groups in total. The molecule has 0 saturated carbocycles. The fraction of sp³-hybridized carbons (Fsp3) is 0.750. The molecule has 0 spiro atoms. The Morgan fingerprint density at radius 3 is 2.70 bits per heavy atom. The summed E-state index contributed by atoms with van der Waals surface area (Å²) in [5.41, 5.74) is 0. The maximum Gasteiger partial charge on any atom is 0.0468 e. The summed E-state index contributed by atoms with van der Waals surface area (Å²) in [6.45, 7) is 2.14. The van der Waals surface area contributed by atoms with Crippen molar-refractivity contribution in [2.24, 2.45) is 0 Å². The minimum Gasteiger partial charge on any atom is -0.617 e. The largest absolute Gasteiger partial charge is 0.617 e. The van der Waals surface area contributed by atoms with Gasteiger partial charge in [-0.1, -0.05) is 25.8 Å². The molecule has 0 aromatic heterocycles. The summed E-state index contributed by atoms with van der Waals surface area (Å²) in [6, 6.07) is 0. The Labute approximate surface area is 62.5 Å². The molecule has 0 amide bonds. The van der Waals surface area contributed by atoms with Crippen LogP contribution in [0.25, 0.3) is 0 Å². The molecular formula is C8H15O2-. The Hall–Kier alpha value is -0.660. The van der Waals surface area contributed by atoms with Crippen molar-refractivity contribution < 1.29 is 9.84 Å². The van der Waals surface area contributed by atoms with Crippen molar-refractivity contribution in [3.05, 3.63) is 12.0 Å². The SMILES string of the molecule is CCCCCC=C([O-])OC. The molecule has 0 aromatic carbocycles. The molecule has 0 radical (unpaired) electrons. The van der Waals surface area contributed by atoms with E-state index in [9.17, 15) is 5.11 Å². The van der Waals surface area contributed by atoms with Crippen molar-refractivity contribution >= 4 is 0 Å². The number of methoxy groups -OCH3 is 1. The van der Waals surface area contributed by atoms with Gasteiger partial charge in [-0.25, -0.2) is 0 Å². The lowest BCUT2D eigenvalue weighted by Crippen LogP contribution is -2.04. The quantitative estimate of drug-likeness (QED) is 0.430. The predicted molar refractivity (Wildman–Crippen MR) is 39.2 cm³/mol. The number of ether oxygens (including phenoxy) is 1. The summed E-state index contributed by atoms with van der Waals surface area (Å²) in [4.78, 5) is 0. The lowest BCUT2D eigenvalue weighted by molar-refractivity contribution is -0.353. The molecule has 60 valence electrons. The highest BCUT2D eigenvalue weighted by atomic mass is 16.6. The van der Waals surface area contributed by atoms with Gasteiger partial charge in [0.15, 0.2) is 0 Å². The van der Waals surface area contributed by atoms with Crippen LogP contribution in [0.4, 0.5) is 0 Å². The van der Waals surface area contributed by atoms with Gasteiger partial charge in [0.1, 0.15) is 0 Å². The lowest BCUT2D eigenvalue weighted by Gasteiger charge is -2.07. The number of unbranched alkanes of at least 4 members (excludes halogenated alkanes) is 3. The highest BCUT2D eigenvalue weighted by Gasteiger charge is 1.81. The summed E-state index contributed by atoms with van der Waals surface area (Å²) in [7, 11) is 1.40. The fourth-order valence-corrected chi connectivity index (χ4v) is 0.698. The average Bonchev–Trinajstić information content (AvgIpc) is 1.98. The zero-order chi connectivity index (χ0) is 7.82. The second-order valence-corrected chi connectivity index (χ2v) is 2.22. The Morgan fingerprint density at radius 1 is 1.50 bits per heavy atom. The standard InChI is InChI=1S/C8H16O2/c1-3-4-5-6-7-8(9)10-2/h7,9H,3-6H2,1-2H3/p-1. The van der Waals surface area contributed by atoms with E-state index in [1.54, 1.807) is 6.08 Å². The minimum atomic E-state index is -0.212. The smallest absolute Gasteiger partial charge is 0.0468 e. The molecule has 0 aliphatic rings. The van der Waals surface area contributed by atoms with Crippen LogP contribution in [-0.4, -0.2) is 7.11 Å². The van der Waals surface area contributed by atoms with E-state index in [0.29, 0.717) is 0 Å². The highest BCUT2D eigenvalue weighted by Crippen LogP contribution is 2.00. The Balaban J connectivity index is 3.16. The molecule has 0 bridgehead atoms. The van der Waals surface area contributed by atoms with Gasteiger partial charge in [-0.15, -0.1) is 0 Å². The summed E-state index contributed by atoms with van der Waals surface area (Å²) < 4.78 is 4.44. The van der Waals surface area contributed by atoms with E-state index < -0.39 is 0 Å². The third-order valence-electron chi connectivity index (χ3n) is 1.32. The maximum absolute atomic E-state index is 10.5. The van der Waals surface area contributed by atoms with Crippen molar-refractivity contribution in [1.29, 1.82) is 0 Å². The second kappa shape index (κ2) is 6.46. The zero-order valence-electron chi connectivity index (χ0n) is 6.72. The van der Waals surface area contributed by atoms with Gasteiger partial charge in [-0.05, 0) is 20.0 Å². The van der Waals surface area contributed by atoms with Crippen molar-refractivity contribution in [1.82, 2.24) is 0 Å². The monoisotopic (exact) mass is 143 g/mol. The topological polar surface area (TPSA) is 32.3 Å². The van der Waals surface area contributed by atoms with E-state index in [4.69, 9.17) is 0 Å². The van der Waals surface area contributed by atoms with Crippen LogP contribution in [0.5, 0.6) is 0 Å². The van der Waals surface area contributed by atoms with E-state index in [2.05, 4.69) is 11.7 Å². The molecule has 0 aliphatic heterocycles. The molecule has 0 atom stereocenters. The molecule has 0 aliphatic carbocycles. The van der Waals surface area contributed by atoms with Crippen molar-refractivity contribution in [2.45, 2.75) is 32.6 Å². The van der Waals surface area contributed by atoms with Crippen LogP contribution in [0.15, 0.2) is 12.0 Å².